The number of benzene rings is 1. The molecule has 0 fully saturated rings. The van der Waals surface area contributed by atoms with Gasteiger partial charge in [0.05, 0.1) is 11.5 Å². The highest BCUT2D eigenvalue weighted by Crippen LogP contribution is 2.28. The van der Waals surface area contributed by atoms with E-state index in [1.165, 1.54) is 11.3 Å². The third kappa shape index (κ3) is 4.76. The Balaban J connectivity index is 2.12. The fourth-order valence-electron chi connectivity index (χ4n) is 2.15. The van der Waals surface area contributed by atoms with Crippen LogP contribution in [-0.2, 0) is 14.8 Å². The van der Waals surface area contributed by atoms with E-state index < -0.39 is 10.0 Å². The van der Waals surface area contributed by atoms with Gasteiger partial charge in [-0.15, -0.1) is 11.3 Å². The normalized spacial score (nSPS) is 11.8. The van der Waals surface area contributed by atoms with Crippen LogP contribution >= 0.6 is 11.3 Å². The predicted octanol–water partition coefficient (Wildman–Crippen LogP) is 2.36. The first-order valence-corrected chi connectivity index (χ1v) is 10.2. The number of ether oxygens (including phenoxy) is 1. The van der Waals surface area contributed by atoms with Crippen LogP contribution in [0.4, 0.5) is 0 Å². The first-order chi connectivity index (χ1) is 11.5. The Labute approximate surface area is 146 Å². The van der Waals surface area contributed by atoms with Gasteiger partial charge in [0.2, 0.25) is 10.0 Å². The fourth-order valence-corrected chi connectivity index (χ4v) is 4.15. The zero-order valence-electron chi connectivity index (χ0n) is 13.8. The summed E-state index contributed by atoms with van der Waals surface area (Å²) in [5.74, 6) is -0.386. The third-order valence-electron chi connectivity index (χ3n) is 3.30. The van der Waals surface area contributed by atoms with Crippen molar-refractivity contribution in [2.75, 3.05) is 26.2 Å². The fraction of sp³-hybridized carbons (Fsp3) is 0.438. The number of sulfonamides is 1. The second-order valence-electron chi connectivity index (χ2n) is 5.18. The highest BCUT2D eigenvalue weighted by atomic mass is 32.2. The first-order valence-electron chi connectivity index (χ1n) is 7.89. The summed E-state index contributed by atoms with van der Waals surface area (Å²) in [5.41, 5.74) is 0. The predicted molar refractivity (Wildman–Crippen MR) is 96.1 cm³/mol. The smallest absolute Gasteiger partial charge is 0.348 e. The van der Waals surface area contributed by atoms with Crippen molar-refractivity contribution in [3.8, 4) is 0 Å². The molecular weight excluding hydrogens is 348 g/mol. The summed E-state index contributed by atoms with van der Waals surface area (Å²) in [6.07, 6.45) is 1.00. The molecule has 2 aromatic rings. The zero-order chi connectivity index (χ0) is 17.6. The van der Waals surface area contributed by atoms with Crippen LogP contribution < -0.4 is 10.0 Å². The Kier molecular flexibility index (Phi) is 6.73. The van der Waals surface area contributed by atoms with E-state index in [-0.39, 0.29) is 10.9 Å². The van der Waals surface area contributed by atoms with Crippen LogP contribution in [0.2, 0.25) is 0 Å². The maximum Gasteiger partial charge on any atom is 0.348 e. The molecule has 6 nitrogen and oxygen atoms in total. The zero-order valence-corrected chi connectivity index (χ0v) is 15.4. The lowest BCUT2D eigenvalue weighted by Gasteiger charge is -2.07. The van der Waals surface area contributed by atoms with Gasteiger partial charge in [-0.2, -0.15) is 0 Å². The van der Waals surface area contributed by atoms with E-state index in [0.717, 1.165) is 23.1 Å². The molecule has 0 aliphatic carbocycles. The van der Waals surface area contributed by atoms with Crippen molar-refractivity contribution in [2.45, 2.75) is 25.2 Å². The number of rotatable bonds is 9. The quantitative estimate of drug-likeness (QED) is 0.523. The molecule has 0 spiro atoms. The van der Waals surface area contributed by atoms with Gasteiger partial charge in [-0.1, -0.05) is 6.92 Å². The van der Waals surface area contributed by atoms with Crippen molar-refractivity contribution >= 4 is 37.4 Å². The first kappa shape index (κ1) is 18.9. The van der Waals surface area contributed by atoms with E-state index >= 15 is 0 Å². The van der Waals surface area contributed by atoms with Gasteiger partial charge in [0.1, 0.15) is 4.88 Å². The number of carbonyl (C=O) groups is 1. The SMILES string of the molecule is CCCNCCNS(=O)(=O)c1ccc2sc(C(=O)OCC)cc2c1. The van der Waals surface area contributed by atoms with Gasteiger partial charge in [-0.3, -0.25) is 0 Å². The van der Waals surface area contributed by atoms with E-state index in [4.69, 9.17) is 4.74 Å². The van der Waals surface area contributed by atoms with E-state index in [0.29, 0.717) is 24.6 Å². The number of hydrogen-bond donors (Lipinski definition) is 2. The molecule has 1 heterocycles. The molecule has 8 heteroatoms. The number of esters is 1. The van der Waals surface area contributed by atoms with E-state index in [1.807, 2.05) is 0 Å². The monoisotopic (exact) mass is 370 g/mol. The number of thiophene rings is 1. The maximum atomic E-state index is 12.3. The van der Waals surface area contributed by atoms with E-state index in [2.05, 4.69) is 17.0 Å². The largest absolute Gasteiger partial charge is 0.462 e. The van der Waals surface area contributed by atoms with E-state index in [1.54, 1.807) is 31.2 Å². The number of fused-ring (bicyclic) bond motifs is 1. The summed E-state index contributed by atoms with van der Waals surface area (Å²) in [6, 6.07) is 6.51. The molecule has 24 heavy (non-hydrogen) atoms. The highest BCUT2D eigenvalue weighted by Gasteiger charge is 2.16. The number of carbonyl (C=O) groups excluding carboxylic acids is 1. The van der Waals surface area contributed by atoms with Crippen LogP contribution in [0.15, 0.2) is 29.2 Å². The number of nitrogens with one attached hydrogen (secondary N) is 2. The van der Waals surface area contributed by atoms with Crippen LogP contribution in [0.25, 0.3) is 10.1 Å². The standard InChI is InChI=1S/C16H22N2O4S2/c1-3-7-17-8-9-18-24(20,21)13-5-6-14-12(10-13)11-15(23-14)16(19)22-4-2/h5-6,10-11,17-18H,3-4,7-9H2,1-2H3. The Morgan fingerprint density at radius 2 is 1.96 bits per heavy atom. The molecular formula is C16H22N2O4S2. The lowest BCUT2D eigenvalue weighted by atomic mass is 10.2. The van der Waals surface area contributed by atoms with Gasteiger partial charge in [0, 0.05) is 17.8 Å². The maximum absolute atomic E-state index is 12.3. The van der Waals surface area contributed by atoms with Crippen molar-refractivity contribution < 1.29 is 17.9 Å². The molecule has 1 aromatic heterocycles. The lowest BCUT2D eigenvalue weighted by molar-refractivity contribution is 0.0532. The molecule has 0 saturated carbocycles. The summed E-state index contributed by atoms with van der Waals surface area (Å²) in [4.78, 5) is 12.4. The molecule has 0 aliphatic rings. The van der Waals surface area contributed by atoms with Gasteiger partial charge in [-0.25, -0.2) is 17.9 Å². The Morgan fingerprint density at radius 3 is 2.67 bits per heavy atom. The Hall–Kier alpha value is -1.48. The van der Waals surface area contributed by atoms with Crippen LogP contribution in [0, 0.1) is 0 Å². The molecule has 0 bridgehead atoms. The minimum Gasteiger partial charge on any atom is -0.462 e. The van der Waals surface area contributed by atoms with Crippen LogP contribution in [0.5, 0.6) is 0 Å². The van der Waals surface area contributed by atoms with Crippen molar-refractivity contribution in [1.29, 1.82) is 0 Å². The number of hydrogen-bond acceptors (Lipinski definition) is 6. The summed E-state index contributed by atoms with van der Waals surface area (Å²) in [5, 5.41) is 3.86. The second kappa shape index (κ2) is 8.57. The van der Waals surface area contributed by atoms with Crippen molar-refractivity contribution in [1.82, 2.24) is 10.0 Å². The molecule has 0 saturated heterocycles. The Morgan fingerprint density at radius 1 is 1.17 bits per heavy atom. The highest BCUT2D eigenvalue weighted by molar-refractivity contribution is 7.89. The van der Waals surface area contributed by atoms with Crippen molar-refractivity contribution in [3.63, 3.8) is 0 Å². The molecule has 0 amide bonds. The minimum atomic E-state index is -3.56. The summed E-state index contributed by atoms with van der Waals surface area (Å²) < 4.78 is 33.0. The van der Waals surface area contributed by atoms with Gasteiger partial charge in [-0.05, 0) is 49.5 Å². The molecule has 132 valence electrons. The van der Waals surface area contributed by atoms with Crippen LogP contribution in [0.1, 0.15) is 29.9 Å². The van der Waals surface area contributed by atoms with Gasteiger partial charge in [0.15, 0.2) is 0 Å². The second-order valence-corrected chi connectivity index (χ2v) is 8.03. The van der Waals surface area contributed by atoms with Crippen LogP contribution in [-0.4, -0.2) is 40.6 Å². The Bertz CT molecular complexity index is 800. The molecule has 0 radical (unpaired) electrons. The molecule has 0 atom stereocenters. The van der Waals surface area contributed by atoms with Gasteiger partial charge < -0.3 is 10.1 Å². The van der Waals surface area contributed by atoms with Crippen molar-refractivity contribution in [2.24, 2.45) is 0 Å². The summed E-state index contributed by atoms with van der Waals surface area (Å²) >= 11 is 1.29. The average molecular weight is 370 g/mol. The molecule has 2 rings (SSSR count). The average Bonchev–Trinajstić information content (AvgIpc) is 2.98. The van der Waals surface area contributed by atoms with Gasteiger partial charge in [0.25, 0.3) is 0 Å². The van der Waals surface area contributed by atoms with Gasteiger partial charge >= 0.3 is 5.97 Å². The van der Waals surface area contributed by atoms with E-state index in [9.17, 15) is 13.2 Å². The molecule has 1 aromatic carbocycles. The topological polar surface area (TPSA) is 84.5 Å². The van der Waals surface area contributed by atoms with Crippen LogP contribution in [0.3, 0.4) is 0 Å². The third-order valence-corrected chi connectivity index (χ3v) is 5.85. The van der Waals surface area contributed by atoms with Crippen molar-refractivity contribution in [3.05, 3.63) is 29.1 Å². The minimum absolute atomic E-state index is 0.193. The lowest BCUT2D eigenvalue weighted by Crippen LogP contribution is -2.32. The molecule has 0 unspecified atom stereocenters. The molecule has 0 aliphatic heterocycles. The summed E-state index contributed by atoms with van der Waals surface area (Å²) in [6.45, 7) is 5.88. The summed E-state index contributed by atoms with van der Waals surface area (Å²) in [7, 11) is -3.56. The molecule has 2 N–H and O–H groups in total.